The fourth-order valence-electron chi connectivity index (χ4n) is 2.46. The molecule has 4 aromatic rings. The number of aromatic nitrogens is 3. The van der Waals surface area contributed by atoms with Gasteiger partial charge in [-0.2, -0.15) is 15.0 Å². The van der Waals surface area contributed by atoms with E-state index in [9.17, 15) is 0 Å². The lowest BCUT2D eigenvalue weighted by atomic mass is 10.0. The summed E-state index contributed by atoms with van der Waals surface area (Å²) in [7, 11) is 1.85. The van der Waals surface area contributed by atoms with E-state index in [2.05, 4.69) is 58.7 Å². The molecule has 1 aromatic heterocycles. The summed E-state index contributed by atoms with van der Waals surface area (Å²) in [6.07, 6.45) is 0. The molecule has 3 heteroatoms. The van der Waals surface area contributed by atoms with Gasteiger partial charge in [0.15, 0.2) is 0 Å². The second-order valence-corrected chi connectivity index (χ2v) is 4.58. The molecule has 0 bridgehead atoms. The zero-order valence-electron chi connectivity index (χ0n) is 9.96. The van der Waals surface area contributed by atoms with Crippen LogP contribution in [0.25, 0.3) is 32.6 Å². The summed E-state index contributed by atoms with van der Waals surface area (Å²) >= 11 is 0. The highest BCUT2D eigenvalue weighted by molar-refractivity contribution is 6.02. The van der Waals surface area contributed by atoms with Gasteiger partial charge in [0.2, 0.25) is 0 Å². The molecule has 3 nitrogen and oxygen atoms in total. The molecule has 0 aliphatic rings. The van der Waals surface area contributed by atoms with Crippen molar-refractivity contribution in [3.05, 3.63) is 48.5 Å². The van der Waals surface area contributed by atoms with E-state index in [-0.39, 0.29) is 0 Å². The molecule has 0 radical (unpaired) electrons. The van der Waals surface area contributed by atoms with E-state index >= 15 is 0 Å². The number of hydrogen-bond acceptors (Lipinski definition) is 2. The summed E-state index contributed by atoms with van der Waals surface area (Å²) in [5, 5.41) is 13.6. The number of benzene rings is 3. The lowest BCUT2D eigenvalue weighted by Crippen LogP contribution is -1.90. The van der Waals surface area contributed by atoms with Crippen LogP contribution in [0, 0.1) is 0 Å². The van der Waals surface area contributed by atoms with Crippen LogP contribution >= 0.6 is 0 Å². The highest BCUT2D eigenvalue weighted by Crippen LogP contribution is 2.25. The summed E-state index contributed by atoms with van der Waals surface area (Å²) in [5.41, 5.74) is 1.89. The second-order valence-electron chi connectivity index (χ2n) is 4.58. The van der Waals surface area contributed by atoms with Gasteiger partial charge in [-0.25, -0.2) is 0 Å². The summed E-state index contributed by atoms with van der Waals surface area (Å²) < 4.78 is 0. The molecular formula is C15H11N3. The van der Waals surface area contributed by atoms with Gasteiger partial charge in [-0.15, -0.1) is 0 Å². The molecule has 4 rings (SSSR count). The van der Waals surface area contributed by atoms with E-state index in [4.69, 9.17) is 0 Å². The smallest absolute Gasteiger partial charge is 0.113 e. The van der Waals surface area contributed by atoms with Gasteiger partial charge in [0, 0.05) is 7.05 Å². The van der Waals surface area contributed by atoms with Crippen molar-refractivity contribution >= 4 is 32.6 Å². The van der Waals surface area contributed by atoms with Gasteiger partial charge in [0.1, 0.15) is 11.0 Å². The molecule has 0 unspecified atom stereocenters. The van der Waals surface area contributed by atoms with Crippen LogP contribution < -0.4 is 0 Å². The minimum absolute atomic E-state index is 0.945. The quantitative estimate of drug-likeness (QED) is 0.436. The van der Waals surface area contributed by atoms with Crippen LogP contribution in [0.2, 0.25) is 0 Å². The Balaban J connectivity index is 2.19. The Kier molecular flexibility index (Phi) is 1.75. The maximum Gasteiger partial charge on any atom is 0.113 e. The molecule has 0 amide bonds. The van der Waals surface area contributed by atoms with Crippen molar-refractivity contribution in [2.24, 2.45) is 7.05 Å². The van der Waals surface area contributed by atoms with Gasteiger partial charge in [-0.3, -0.25) is 0 Å². The Morgan fingerprint density at radius 2 is 1.22 bits per heavy atom. The third-order valence-corrected chi connectivity index (χ3v) is 3.30. The summed E-state index contributed by atoms with van der Waals surface area (Å²) in [5.74, 6) is 0. The predicted octanol–water partition coefficient (Wildman–Crippen LogP) is 3.27. The van der Waals surface area contributed by atoms with Gasteiger partial charge in [0.05, 0.1) is 0 Å². The topological polar surface area (TPSA) is 30.7 Å². The van der Waals surface area contributed by atoms with Crippen LogP contribution in [-0.2, 0) is 7.05 Å². The lowest BCUT2D eigenvalue weighted by molar-refractivity contribution is 0.665. The predicted molar refractivity (Wildman–Crippen MR) is 73.5 cm³/mol. The molecular weight excluding hydrogens is 222 g/mol. The van der Waals surface area contributed by atoms with Crippen LogP contribution in [-0.4, -0.2) is 15.0 Å². The van der Waals surface area contributed by atoms with Crippen LogP contribution in [0.3, 0.4) is 0 Å². The molecule has 0 aliphatic carbocycles. The Morgan fingerprint density at radius 1 is 0.722 bits per heavy atom. The van der Waals surface area contributed by atoms with Gasteiger partial charge in [-0.1, -0.05) is 24.3 Å². The highest BCUT2D eigenvalue weighted by atomic mass is 15.4. The summed E-state index contributed by atoms with van der Waals surface area (Å²) in [6.45, 7) is 0. The van der Waals surface area contributed by atoms with E-state index in [0.29, 0.717) is 0 Å². The average molecular weight is 233 g/mol. The average Bonchev–Trinajstić information content (AvgIpc) is 2.72. The van der Waals surface area contributed by atoms with Crippen LogP contribution in [0.4, 0.5) is 0 Å². The minimum atomic E-state index is 0.945. The van der Waals surface area contributed by atoms with Gasteiger partial charge in [0.25, 0.3) is 0 Å². The zero-order chi connectivity index (χ0) is 12.1. The first-order chi connectivity index (χ1) is 8.79. The van der Waals surface area contributed by atoms with Gasteiger partial charge >= 0.3 is 0 Å². The standard InChI is InChI=1S/C15H11N3/c1-18-16-14-8-12-6-10-4-2-3-5-11(10)7-13(12)9-15(14)17-18/h2-9H,1H3. The van der Waals surface area contributed by atoms with Crippen molar-refractivity contribution in [1.82, 2.24) is 15.0 Å². The van der Waals surface area contributed by atoms with E-state index in [1.54, 1.807) is 4.80 Å². The fourth-order valence-corrected chi connectivity index (χ4v) is 2.46. The third kappa shape index (κ3) is 1.31. The number of hydrogen-bond donors (Lipinski definition) is 0. The van der Waals surface area contributed by atoms with Crippen molar-refractivity contribution in [2.45, 2.75) is 0 Å². The summed E-state index contributed by atoms with van der Waals surface area (Å²) in [6, 6.07) is 17.0. The normalized spacial score (nSPS) is 11.6. The molecule has 0 atom stereocenters. The SMILES string of the molecule is Cn1nc2cc3cc4ccccc4cc3cc2n1. The Hall–Kier alpha value is -2.42. The first kappa shape index (κ1) is 9.59. The van der Waals surface area contributed by atoms with E-state index < -0.39 is 0 Å². The molecule has 86 valence electrons. The van der Waals surface area contributed by atoms with Gasteiger partial charge in [-0.05, 0) is 45.8 Å². The number of nitrogens with zero attached hydrogens (tertiary/aromatic N) is 3. The molecule has 1 heterocycles. The van der Waals surface area contributed by atoms with Crippen LogP contribution in [0.1, 0.15) is 0 Å². The lowest BCUT2D eigenvalue weighted by Gasteiger charge is -2.01. The molecule has 0 spiro atoms. The Labute approximate surface area is 104 Å². The largest absolute Gasteiger partial charge is 0.187 e. The van der Waals surface area contributed by atoms with Crippen molar-refractivity contribution in [3.8, 4) is 0 Å². The minimum Gasteiger partial charge on any atom is -0.187 e. The first-order valence-corrected chi connectivity index (χ1v) is 5.93. The van der Waals surface area contributed by atoms with E-state index in [1.807, 2.05) is 7.05 Å². The molecule has 3 aromatic carbocycles. The third-order valence-electron chi connectivity index (χ3n) is 3.30. The van der Waals surface area contributed by atoms with E-state index in [0.717, 1.165) is 11.0 Å². The zero-order valence-corrected chi connectivity index (χ0v) is 9.96. The molecule has 0 N–H and O–H groups in total. The molecule has 0 fully saturated rings. The molecule has 0 aliphatic heterocycles. The maximum atomic E-state index is 4.35. The molecule has 0 saturated heterocycles. The molecule has 0 saturated carbocycles. The van der Waals surface area contributed by atoms with Crippen molar-refractivity contribution in [2.75, 3.05) is 0 Å². The van der Waals surface area contributed by atoms with Crippen molar-refractivity contribution in [1.29, 1.82) is 0 Å². The Morgan fingerprint density at radius 3 is 1.72 bits per heavy atom. The van der Waals surface area contributed by atoms with Crippen LogP contribution in [0.15, 0.2) is 48.5 Å². The second kappa shape index (κ2) is 3.29. The maximum absolute atomic E-state index is 4.35. The Bertz CT molecular complexity index is 818. The van der Waals surface area contributed by atoms with E-state index in [1.165, 1.54) is 21.5 Å². The highest BCUT2D eigenvalue weighted by Gasteiger charge is 2.04. The monoisotopic (exact) mass is 233 g/mol. The van der Waals surface area contributed by atoms with Crippen molar-refractivity contribution in [3.63, 3.8) is 0 Å². The molecule has 18 heavy (non-hydrogen) atoms. The van der Waals surface area contributed by atoms with Crippen LogP contribution in [0.5, 0.6) is 0 Å². The number of aryl methyl sites for hydroxylation is 1. The number of rotatable bonds is 0. The van der Waals surface area contributed by atoms with Crippen molar-refractivity contribution < 1.29 is 0 Å². The summed E-state index contributed by atoms with van der Waals surface area (Å²) in [4.78, 5) is 1.61. The first-order valence-electron chi connectivity index (χ1n) is 5.93. The number of fused-ring (bicyclic) bond motifs is 3. The fraction of sp³-hybridized carbons (Fsp3) is 0.0667. The van der Waals surface area contributed by atoms with Gasteiger partial charge < -0.3 is 0 Å².